The average Bonchev–Trinajstić information content (AvgIpc) is 2.65. The fraction of sp³-hybridized carbons (Fsp3) is 0.917. The second kappa shape index (κ2) is 20.7. The molecule has 0 unspecified atom stereocenters. The molecule has 2 nitrogen and oxygen atoms in total. The van der Waals surface area contributed by atoms with E-state index in [1.165, 1.54) is 96.3 Å². The van der Waals surface area contributed by atoms with Gasteiger partial charge in [0.2, 0.25) is 0 Å². The molecule has 0 aliphatic carbocycles. The molecule has 0 fully saturated rings. The molecule has 0 spiro atoms. The third-order valence-corrected chi connectivity index (χ3v) is 6.96. The van der Waals surface area contributed by atoms with Crippen LogP contribution in [0.1, 0.15) is 135 Å². The third kappa shape index (κ3) is 22.1. The second-order valence-corrected chi connectivity index (χ2v) is 10.3. The predicted molar refractivity (Wildman–Crippen MR) is 121 cm³/mol. The Morgan fingerprint density at radius 1 is 0.593 bits per heavy atom. The molecule has 2 radical (unpaired) electrons. The minimum absolute atomic E-state index is 0.356. The molecule has 0 atom stereocenters. The number of sulfone groups is 1. The maximum Gasteiger partial charge on any atom is 0.154 e. The van der Waals surface area contributed by atoms with Gasteiger partial charge in [0.25, 0.3) is 0 Å². The summed E-state index contributed by atoms with van der Waals surface area (Å²) in [5.41, 5.74) is 0. The first-order chi connectivity index (χ1) is 13.1. The first-order valence-corrected chi connectivity index (χ1v) is 13.7. The molecule has 3 heteroatoms. The van der Waals surface area contributed by atoms with Crippen LogP contribution in [0, 0.1) is 12.7 Å². The zero-order chi connectivity index (χ0) is 20.1. The minimum atomic E-state index is -2.92. The van der Waals surface area contributed by atoms with Gasteiger partial charge in [-0.25, -0.2) is 8.42 Å². The van der Waals surface area contributed by atoms with E-state index in [9.17, 15) is 8.42 Å². The summed E-state index contributed by atoms with van der Waals surface area (Å²) in [6, 6.07) is 0. The van der Waals surface area contributed by atoms with Gasteiger partial charge in [0, 0.05) is 0 Å². The molecule has 0 amide bonds. The van der Waals surface area contributed by atoms with Gasteiger partial charge in [-0.3, -0.25) is 0 Å². The highest BCUT2D eigenvalue weighted by molar-refractivity contribution is 7.93. The van der Waals surface area contributed by atoms with E-state index < -0.39 is 9.84 Å². The van der Waals surface area contributed by atoms with Crippen LogP contribution in [0.4, 0.5) is 0 Å². The van der Waals surface area contributed by atoms with Crippen LogP contribution in [-0.4, -0.2) is 14.2 Å². The van der Waals surface area contributed by atoms with Gasteiger partial charge in [-0.2, -0.15) is 0 Å². The van der Waals surface area contributed by atoms with Crippen LogP contribution in [0.25, 0.3) is 0 Å². The SMILES string of the molecule is [CH2]CCCCCCCCCCCCCC[CH]S(=O)(=O)CCCCCCCC. The quantitative estimate of drug-likeness (QED) is 0.171. The first kappa shape index (κ1) is 27.0. The van der Waals surface area contributed by atoms with Crippen LogP contribution in [0.15, 0.2) is 0 Å². The van der Waals surface area contributed by atoms with Gasteiger partial charge in [0.1, 0.15) is 0 Å². The third-order valence-electron chi connectivity index (χ3n) is 5.36. The van der Waals surface area contributed by atoms with E-state index in [0.717, 1.165) is 32.1 Å². The topological polar surface area (TPSA) is 34.1 Å². The minimum Gasteiger partial charge on any atom is -0.229 e. The van der Waals surface area contributed by atoms with E-state index in [0.29, 0.717) is 5.75 Å². The molecule has 0 saturated heterocycles. The molecule has 0 aliphatic rings. The fourth-order valence-corrected chi connectivity index (χ4v) is 4.82. The van der Waals surface area contributed by atoms with Crippen LogP contribution in [0.2, 0.25) is 0 Å². The Kier molecular flexibility index (Phi) is 20.6. The number of unbranched alkanes of at least 4 members (excludes halogenated alkanes) is 18. The van der Waals surface area contributed by atoms with E-state index in [4.69, 9.17) is 0 Å². The van der Waals surface area contributed by atoms with Gasteiger partial charge < -0.3 is 0 Å². The highest BCUT2D eigenvalue weighted by atomic mass is 32.2. The van der Waals surface area contributed by atoms with Gasteiger partial charge in [0.05, 0.1) is 11.5 Å². The molecule has 27 heavy (non-hydrogen) atoms. The van der Waals surface area contributed by atoms with Crippen LogP contribution in [0.3, 0.4) is 0 Å². The largest absolute Gasteiger partial charge is 0.229 e. The number of hydrogen-bond donors (Lipinski definition) is 0. The summed E-state index contributed by atoms with van der Waals surface area (Å²) in [5.74, 6) is 1.95. The summed E-state index contributed by atoms with van der Waals surface area (Å²) in [6.07, 6.45) is 24.3. The van der Waals surface area contributed by atoms with Gasteiger partial charge >= 0.3 is 0 Å². The molecule has 162 valence electrons. The second-order valence-electron chi connectivity index (χ2n) is 8.19. The molecule has 0 saturated carbocycles. The van der Waals surface area contributed by atoms with Gasteiger partial charge in [-0.1, -0.05) is 129 Å². The summed E-state index contributed by atoms with van der Waals surface area (Å²) < 4.78 is 24.0. The van der Waals surface area contributed by atoms with Crippen molar-refractivity contribution in [3.63, 3.8) is 0 Å². The lowest BCUT2D eigenvalue weighted by atomic mass is 10.0. The van der Waals surface area contributed by atoms with E-state index in [2.05, 4.69) is 13.8 Å². The molecule has 0 N–H and O–H groups in total. The molecule has 0 rings (SSSR count). The lowest BCUT2D eigenvalue weighted by Gasteiger charge is -2.05. The maximum atomic E-state index is 12.0. The van der Waals surface area contributed by atoms with Gasteiger partial charge in [0.15, 0.2) is 9.84 Å². The maximum absolute atomic E-state index is 12.0. The first-order valence-electron chi connectivity index (χ1n) is 12.0. The highest BCUT2D eigenvalue weighted by Gasteiger charge is 2.10. The molecule has 0 aromatic rings. The van der Waals surface area contributed by atoms with Crippen molar-refractivity contribution in [2.24, 2.45) is 0 Å². The zero-order valence-corrected chi connectivity index (χ0v) is 19.2. The average molecular weight is 401 g/mol. The number of hydrogen-bond acceptors (Lipinski definition) is 2. The van der Waals surface area contributed by atoms with Gasteiger partial charge in [-0.05, 0) is 12.8 Å². The normalized spacial score (nSPS) is 11.9. The Morgan fingerprint density at radius 2 is 1.00 bits per heavy atom. The summed E-state index contributed by atoms with van der Waals surface area (Å²) in [7, 11) is -2.92. The summed E-state index contributed by atoms with van der Waals surface area (Å²) in [6.45, 7) is 6.09. The highest BCUT2D eigenvalue weighted by Crippen LogP contribution is 2.15. The van der Waals surface area contributed by atoms with Crippen LogP contribution < -0.4 is 0 Å². The molecule has 0 aromatic carbocycles. The molecule has 0 heterocycles. The van der Waals surface area contributed by atoms with Crippen molar-refractivity contribution in [1.29, 1.82) is 0 Å². The monoisotopic (exact) mass is 400 g/mol. The fourth-order valence-electron chi connectivity index (χ4n) is 3.52. The number of rotatable bonds is 22. The van der Waals surface area contributed by atoms with E-state index in [-0.39, 0.29) is 0 Å². The Labute approximate surface area is 172 Å². The Hall–Kier alpha value is -0.0500. The predicted octanol–water partition coefficient (Wildman–Crippen LogP) is 8.22. The molecular weight excluding hydrogens is 352 g/mol. The van der Waals surface area contributed by atoms with Crippen molar-refractivity contribution in [3.8, 4) is 0 Å². The van der Waals surface area contributed by atoms with Gasteiger partial charge in [-0.15, -0.1) is 0 Å². The Balaban J connectivity index is 3.28. The van der Waals surface area contributed by atoms with Crippen LogP contribution in [0.5, 0.6) is 0 Å². The lowest BCUT2D eigenvalue weighted by Crippen LogP contribution is -2.06. The summed E-state index contributed by atoms with van der Waals surface area (Å²) >= 11 is 0. The van der Waals surface area contributed by atoms with Crippen molar-refractivity contribution in [2.75, 3.05) is 5.75 Å². The van der Waals surface area contributed by atoms with Crippen molar-refractivity contribution in [2.45, 2.75) is 135 Å². The summed E-state index contributed by atoms with van der Waals surface area (Å²) in [5, 5.41) is 0. The van der Waals surface area contributed by atoms with Crippen LogP contribution >= 0.6 is 0 Å². The molecule has 0 bridgehead atoms. The molecule has 0 aromatic heterocycles. The van der Waals surface area contributed by atoms with Crippen LogP contribution in [-0.2, 0) is 9.84 Å². The van der Waals surface area contributed by atoms with E-state index in [1.54, 1.807) is 5.75 Å². The standard InChI is InChI=1S/C24H48O2S/c1-3-5-7-9-11-12-13-14-15-16-17-18-20-22-24-27(25,26)23-21-19-10-8-6-4-2/h24H,1,3-23H2,2H3. The molecule has 0 aliphatic heterocycles. The Morgan fingerprint density at radius 3 is 1.48 bits per heavy atom. The lowest BCUT2D eigenvalue weighted by molar-refractivity contribution is 0.540. The Bertz CT molecular complexity index is 376. The molecular formula is C24H48O2S. The smallest absolute Gasteiger partial charge is 0.154 e. The van der Waals surface area contributed by atoms with E-state index in [1.807, 2.05) is 0 Å². The van der Waals surface area contributed by atoms with E-state index >= 15 is 0 Å². The zero-order valence-electron chi connectivity index (χ0n) is 18.4. The van der Waals surface area contributed by atoms with Crippen molar-refractivity contribution < 1.29 is 8.42 Å². The van der Waals surface area contributed by atoms with Crippen molar-refractivity contribution in [1.82, 2.24) is 0 Å². The summed E-state index contributed by atoms with van der Waals surface area (Å²) in [4.78, 5) is 0. The van der Waals surface area contributed by atoms with Crippen molar-refractivity contribution in [3.05, 3.63) is 12.7 Å². The van der Waals surface area contributed by atoms with Crippen molar-refractivity contribution >= 4 is 9.84 Å².